The number of thioether (sulfide) groups is 1. The molecule has 0 unspecified atom stereocenters. The zero-order valence-electron chi connectivity index (χ0n) is 16.3. The number of imide groups is 1. The van der Waals surface area contributed by atoms with Gasteiger partial charge in [-0.05, 0) is 47.7 Å². The molecule has 30 heavy (non-hydrogen) atoms. The minimum Gasteiger partial charge on any atom is -0.497 e. The summed E-state index contributed by atoms with van der Waals surface area (Å²) in [5.41, 5.74) is 1.12. The first-order valence-corrected chi connectivity index (χ1v) is 10.1. The van der Waals surface area contributed by atoms with Gasteiger partial charge in [0.15, 0.2) is 0 Å². The van der Waals surface area contributed by atoms with Crippen LogP contribution in [0.25, 0.3) is 6.08 Å². The van der Waals surface area contributed by atoms with Gasteiger partial charge in [-0.2, -0.15) is 0 Å². The Labute approximate surface area is 183 Å². The van der Waals surface area contributed by atoms with Crippen LogP contribution in [0.5, 0.6) is 11.5 Å². The van der Waals surface area contributed by atoms with E-state index in [1.807, 2.05) is 0 Å². The van der Waals surface area contributed by atoms with E-state index in [4.69, 9.17) is 21.1 Å². The molecule has 2 aromatic carbocycles. The third-order valence-electron chi connectivity index (χ3n) is 4.28. The van der Waals surface area contributed by atoms with E-state index in [1.54, 1.807) is 48.5 Å². The maximum atomic E-state index is 12.5. The molecular formula is C21H19ClN2O5S. The number of hydrogen-bond acceptors (Lipinski definition) is 6. The van der Waals surface area contributed by atoms with E-state index in [0.29, 0.717) is 27.0 Å². The zero-order valence-corrected chi connectivity index (χ0v) is 17.9. The Morgan fingerprint density at radius 2 is 1.73 bits per heavy atom. The van der Waals surface area contributed by atoms with Crippen molar-refractivity contribution in [3.63, 3.8) is 0 Å². The summed E-state index contributed by atoms with van der Waals surface area (Å²) in [5, 5.41) is 2.91. The molecular weight excluding hydrogens is 428 g/mol. The van der Waals surface area contributed by atoms with Crippen LogP contribution in [0.4, 0.5) is 4.79 Å². The summed E-state index contributed by atoms with van der Waals surface area (Å²) in [6.45, 7) is 0.181. The molecule has 1 N–H and O–H groups in total. The molecule has 3 rings (SSSR count). The van der Waals surface area contributed by atoms with Crippen LogP contribution in [0.1, 0.15) is 15.9 Å². The Morgan fingerprint density at radius 1 is 1.10 bits per heavy atom. The molecule has 1 fully saturated rings. The van der Waals surface area contributed by atoms with E-state index in [9.17, 15) is 14.4 Å². The van der Waals surface area contributed by atoms with Gasteiger partial charge in [0.2, 0.25) is 0 Å². The van der Waals surface area contributed by atoms with Gasteiger partial charge in [0.25, 0.3) is 17.1 Å². The van der Waals surface area contributed by atoms with Gasteiger partial charge in [0, 0.05) is 29.7 Å². The molecule has 0 aliphatic carbocycles. The average molecular weight is 447 g/mol. The van der Waals surface area contributed by atoms with Gasteiger partial charge in [-0.1, -0.05) is 23.7 Å². The largest absolute Gasteiger partial charge is 0.497 e. The van der Waals surface area contributed by atoms with Crippen LogP contribution < -0.4 is 14.8 Å². The van der Waals surface area contributed by atoms with Crippen LogP contribution in [0.3, 0.4) is 0 Å². The molecule has 1 aliphatic rings. The zero-order chi connectivity index (χ0) is 21.7. The summed E-state index contributed by atoms with van der Waals surface area (Å²) in [7, 11) is 2.99. The molecule has 9 heteroatoms. The fourth-order valence-electron chi connectivity index (χ4n) is 2.72. The number of rotatable bonds is 7. The Balaban J connectivity index is 1.61. The maximum absolute atomic E-state index is 12.5. The second-order valence-corrected chi connectivity index (χ2v) is 7.67. The molecule has 2 aromatic rings. The van der Waals surface area contributed by atoms with Crippen molar-refractivity contribution in [3.8, 4) is 11.5 Å². The highest BCUT2D eigenvalue weighted by atomic mass is 35.5. The standard InChI is InChI=1S/C21H19ClN2O5S/c1-28-16-10-14(11-17(12-16)29-2)19(25)23-7-8-24-20(26)18(30-21(24)27)9-13-3-5-15(22)6-4-13/h3-6,9-12H,7-8H2,1-2H3,(H,23,25)/b18-9-. The van der Waals surface area contributed by atoms with Crippen LogP contribution in [0, 0.1) is 0 Å². The number of carbonyl (C=O) groups is 3. The molecule has 1 saturated heterocycles. The SMILES string of the molecule is COc1cc(OC)cc(C(=O)NCCN2C(=O)S/C(=C\c3ccc(Cl)cc3)C2=O)c1. The first-order valence-electron chi connectivity index (χ1n) is 8.93. The van der Waals surface area contributed by atoms with Crippen molar-refractivity contribution in [2.24, 2.45) is 0 Å². The maximum Gasteiger partial charge on any atom is 0.293 e. The van der Waals surface area contributed by atoms with Crippen LogP contribution >= 0.6 is 23.4 Å². The van der Waals surface area contributed by atoms with Crippen LogP contribution in [0.2, 0.25) is 5.02 Å². The third kappa shape index (κ3) is 5.14. The fraction of sp³-hybridized carbons (Fsp3) is 0.190. The molecule has 1 aliphatic heterocycles. The summed E-state index contributed by atoms with van der Waals surface area (Å²) in [6.07, 6.45) is 1.64. The number of methoxy groups -OCH3 is 2. The molecule has 0 atom stereocenters. The Morgan fingerprint density at radius 3 is 2.33 bits per heavy atom. The number of benzene rings is 2. The van der Waals surface area contributed by atoms with Crippen molar-refractivity contribution in [1.82, 2.24) is 10.2 Å². The first-order chi connectivity index (χ1) is 14.4. The number of hydrogen-bond donors (Lipinski definition) is 1. The highest BCUT2D eigenvalue weighted by molar-refractivity contribution is 8.18. The summed E-state index contributed by atoms with van der Waals surface area (Å²) in [4.78, 5) is 38.6. The van der Waals surface area contributed by atoms with Crippen molar-refractivity contribution in [3.05, 3.63) is 63.5 Å². The summed E-state index contributed by atoms with van der Waals surface area (Å²) in [5.74, 6) is 0.212. The second-order valence-electron chi connectivity index (χ2n) is 6.24. The van der Waals surface area contributed by atoms with Crippen molar-refractivity contribution in [1.29, 1.82) is 0 Å². The van der Waals surface area contributed by atoms with E-state index in [1.165, 1.54) is 14.2 Å². The van der Waals surface area contributed by atoms with Crippen LogP contribution in [0.15, 0.2) is 47.4 Å². The van der Waals surface area contributed by atoms with E-state index >= 15 is 0 Å². The smallest absolute Gasteiger partial charge is 0.293 e. The number of nitrogens with one attached hydrogen (secondary N) is 1. The van der Waals surface area contributed by atoms with E-state index in [2.05, 4.69) is 5.32 Å². The van der Waals surface area contributed by atoms with Crippen molar-refractivity contribution < 1.29 is 23.9 Å². The van der Waals surface area contributed by atoms with Gasteiger partial charge < -0.3 is 14.8 Å². The lowest BCUT2D eigenvalue weighted by atomic mass is 10.2. The second kappa shape index (κ2) is 9.69. The normalized spacial score (nSPS) is 14.9. The lowest BCUT2D eigenvalue weighted by Gasteiger charge is -2.13. The van der Waals surface area contributed by atoms with Crippen LogP contribution in [-0.4, -0.2) is 49.3 Å². The topological polar surface area (TPSA) is 84.9 Å². The molecule has 156 valence electrons. The summed E-state index contributed by atoms with van der Waals surface area (Å²) < 4.78 is 10.3. The van der Waals surface area contributed by atoms with Crippen molar-refractivity contribution in [2.45, 2.75) is 0 Å². The minimum atomic E-state index is -0.391. The third-order valence-corrected chi connectivity index (χ3v) is 5.44. The molecule has 1 heterocycles. The van der Waals surface area contributed by atoms with Crippen molar-refractivity contribution >= 4 is 46.5 Å². The summed E-state index contributed by atoms with van der Waals surface area (Å²) >= 11 is 6.73. The quantitative estimate of drug-likeness (QED) is 0.651. The molecule has 0 spiro atoms. The van der Waals surface area contributed by atoms with E-state index in [-0.39, 0.29) is 24.2 Å². The van der Waals surface area contributed by atoms with Crippen LogP contribution in [-0.2, 0) is 4.79 Å². The Hall–Kier alpha value is -2.97. The number of halogens is 1. The molecule has 3 amide bonds. The monoisotopic (exact) mass is 446 g/mol. The van der Waals surface area contributed by atoms with Gasteiger partial charge >= 0.3 is 0 Å². The number of amides is 3. The van der Waals surface area contributed by atoms with Gasteiger partial charge in [-0.25, -0.2) is 0 Å². The summed E-state index contributed by atoms with van der Waals surface area (Å²) in [6, 6.07) is 11.8. The molecule has 0 aromatic heterocycles. The van der Waals surface area contributed by atoms with Gasteiger partial charge in [-0.15, -0.1) is 0 Å². The molecule has 7 nitrogen and oxygen atoms in total. The minimum absolute atomic E-state index is 0.0649. The fourth-order valence-corrected chi connectivity index (χ4v) is 3.72. The molecule has 0 saturated carbocycles. The lowest BCUT2D eigenvalue weighted by Crippen LogP contribution is -2.37. The number of nitrogens with zero attached hydrogens (tertiary/aromatic N) is 1. The predicted molar refractivity (Wildman–Crippen MR) is 116 cm³/mol. The van der Waals surface area contributed by atoms with E-state index < -0.39 is 5.91 Å². The first kappa shape index (κ1) is 21.7. The predicted octanol–water partition coefficient (Wildman–Crippen LogP) is 3.82. The number of carbonyl (C=O) groups excluding carboxylic acids is 3. The Bertz CT molecular complexity index is 985. The van der Waals surface area contributed by atoms with Gasteiger partial charge in [-0.3, -0.25) is 19.3 Å². The average Bonchev–Trinajstić information content (AvgIpc) is 3.02. The number of ether oxygens (including phenoxy) is 2. The van der Waals surface area contributed by atoms with Gasteiger partial charge in [0.05, 0.1) is 19.1 Å². The van der Waals surface area contributed by atoms with Crippen molar-refractivity contribution in [2.75, 3.05) is 27.3 Å². The Kier molecular flexibility index (Phi) is 7.02. The lowest BCUT2D eigenvalue weighted by molar-refractivity contribution is -0.122. The van der Waals surface area contributed by atoms with E-state index in [0.717, 1.165) is 22.2 Å². The van der Waals surface area contributed by atoms with Gasteiger partial charge in [0.1, 0.15) is 11.5 Å². The highest BCUT2D eigenvalue weighted by Gasteiger charge is 2.34. The molecule has 0 bridgehead atoms. The highest BCUT2D eigenvalue weighted by Crippen LogP contribution is 2.32. The molecule has 0 radical (unpaired) electrons.